The number of aliphatic hydroxyl groups is 10. The smallest absolute Gasteiger partial charge is 0.187 e. The van der Waals surface area contributed by atoms with E-state index in [1.54, 1.807) is 0 Å². The maximum atomic E-state index is 10.6. The molecule has 3 aliphatic heterocycles. The molecule has 10 N–H and O–H groups in total. The fraction of sp³-hybridized carbons (Fsp3) is 1.00. The minimum Gasteiger partial charge on any atom is -0.394 e. The van der Waals surface area contributed by atoms with Gasteiger partial charge in [0, 0.05) is 0 Å². The minimum absolute atomic E-state index is 0.695. The zero-order chi connectivity index (χ0) is 24.6. The Labute approximate surface area is 187 Å². The summed E-state index contributed by atoms with van der Waals surface area (Å²) in [4.78, 5) is 0. The standard InChI is InChI=1S/C18H32O15/c1-4-14(32-18-11(25)9(23)7(21)5(2-19)31-18)10(24)12(26)17(29-4)33-15-8(22)6(3-20)30-16(28)13(15)27/h4-28H,2-3H2,1H3/t4-,5+,6+,7+,8-,9-,10-,11+,12+,13+,14-,15-,16?,17-,18-/m0/s1. The molecule has 15 heteroatoms. The highest BCUT2D eigenvalue weighted by atomic mass is 16.7. The molecule has 3 saturated heterocycles. The second-order valence-corrected chi connectivity index (χ2v) is 8.32. The molecule has 0 bridgehead atoms. The van der Waals surface area contributed by atoms with Crippen molar-refractivity contribution in [2.75, 3.05) is 13.2 Å². The third kappa shape index (κ3) is 5.32. The molecule has 15 nitrogen and oxygen atoms in total. The van der Waals surface area contributed by atoms with Gasteiger partial charge >= 0.3 is 0 Å². The van der Waals surface area contributed by atoms with E-state index in [4.69, 9.17) is 23.7 Å². The van der Waals surface area contributed by atoms with E-state index >= 15 is 0 Å². The molecule has 3 heterocycles. The summed E-state index contributed by atoms with van der Waals surface area (Å²) in [5.74, 6) is 0. The van der Waals surface area contributed by atoms with Gasteiger partial charge in [-0.15, -0.1) is 0 Å². The summed E-state index contributed by atoms with van der Waals surface area (Å²) in [5, 5.41) is 99.5. The summed E-state index contributed by atoms with van der Waals surface area (Å²) in [6.45, 7) is 0.00827. The van der Waals surface area contributed by atoms with Crippen LogP contribution in [0.4, 0.5) is 0 Å². The molecule has 194 valence electrons. The lowest BCUT2D eigenvalue weighted by atomic mass is 9.96. The SMILES string of the molecule is C[C@@H]1O[C@@H](O[C@H]2[C@@H](O)[C@@H](CO)OC(O)[C@@H]2O)[C@H](O)[C@H](O)[C@H]1O[C@@H]1O[C@H](CO)[C@@H](O)[C@H](O)[C@H]1O. The van der Waals surface area contributed by atoms with Gasteiger partial charge in [-0.25, -0.2) is 0 Å². The van der Waals surface area contributed by atoms with Gasteiger partial charge in [-0.3, -0.25) is 0 Å². The Balaban J connectivity index is 1.67. The van der Waals surface area contributed by atoms with Gasteiger partial charge in [0.2, 0.25) is 0 Å². The van der Waals surface area contributed by atoms with Gasteiger partial charge in [0.15, 0.2) is 18.9 Å². The second kappa shape index (κ2) is 11.0. The summed E-state index contributed by atoms with van der Waals surface area (Å²) in [7, 11) is 0. The topological polar surface area (TPSA) is 248 Å². The third-order valence-electron chi connectivity index (χ3n) is 6.05. The normalized spacial score (nSPS) is 53.7. The maximum absolute atomic E-state index is 10.6. The lowest BCUT2D eigenvalue weighted by molar-refractivity contribution is -0.374. The molecule has 1 unspecified atom stereocenters. The van der Waals surface area contributed by atoms with E-state index in [1.165, 1.54) is 6.92 Å². The van der Waals surface area contributed by atoms with E-state index in [9.17, 15) is 51.1 Å². The van der Waals surface area contributed by atoms with Crippen LogP contribution in [-0.2, 0) is 23.7 Å². The largest absolute Gasteiger partial charge is 0.394 e. The van der Waals surface area contributed by atoms with E-state index in [1.807, 2.05) is 0 Å². The summed E-state index contributed by atoms with van der Waals surface area (Å²) >= 11 is 0. The molecular weight excluding hydrogens is 456 g/mol. The summed E-state index contributed by atoms with van der Waals surface area (Å²) in [6, 6.07) is 0. The first-order valence-electron chi connectivity index (χ1n) is 10.4. The van der Waals surface area contributed by atoms with E-state index in [-0.39, 0.29) is 0 Å². The molecule has 0 aliphatic carbocycles. The molecule has 0 spiro atoms. The second-order valence-electron chi connectivity index (χ2n) is 8.32. The number of hydrogen-bond donors (Lipinski definition) is 10. The van der Waals surface area contributed by atoms with Crippen molar-refractivity contribution in [3.8, 4) is 0 Å². The van der Waals surface area contributed by atoms with Crippen LogP contribution in [0.5, 0.6) is 0 Å². The number of aliphatic hydroxyl groups excluding tert-OH is 10. The lowest BCUT2D eigenvalue weighted by Crippen LogP contribution is -2.65. The highest BCUT2D eigenvalue weighted by Crippen LogP contribution is 2.31. The van der Waals surface area contributed by atoms with Crippen LogP contribution in [0.25, 0.3) is 0 Å². The van der Waals surface area contributed by atoms with Crippen LogP contribution in [0, 0.1) is 0 Å². The Kier molecular flexibility index (Phi) is 8.99. The van der Waals surface area contributed by atoms with Crippen LogP contribution in [0.1, 0.15) is 6.92 Å². The summed E-state index contributed by atoms with van der Waals surface area (Å²) in [6.07, 6.45) is -23.5. The van der Waals surface area contributed by atoms with E-state index in [2.05, 4.69) is 0 Å². The molecule has 0 radical (unpaired) electrons. The van der Waals surface area contributed by atoms with E-state index in [0.29, 0.717) is 0 Å². The van der Waals surface area contributed by atoms with Crippen molar-refractivity contribution >= 4 is 0 Å². The molecule has 3 rings (SSSR count). The fourth-order valence-electron chi connectivity index (χ4n) is 4.02. The summed E-state index contributed by atoms with van der Waals surface area (Å²) < 4.78 is 26.5. The van der Waals surface area contributed by atoms with Crippen LogP contribution in [-0.4, -0.2) is 156 Å². The average molecular weight is 488 g/mol. The van der Waals surface area contributed by atoms with Crippen molar-refractivity contribution < 1.29 is 74.7 Å². The van der Waals surface area contributed by atoms with E-state index in [0.717, 1.165) is 0 Å². The first-order valence-corrected chi connectivity index (χ1v) is 10.4. The molecule has 3 fully saturated rings. The molecule has 0 aromatic rings. The lowest BCUT2D eigenvalue weighted by Gasteiger charge is -2.47. The van der Waals surface area contributed by atoms with Crippen molar-refractivity contribution in [1.82, 2.24) is 0 Å². The van der Waals surface area contributed by atoms with Gasteiger partial charge in [0.1, 0.15) is 67.1 Å². The van der Waals surface area contributed by atoms with Gasteiger partial charge in [0.25, 0.3) is 0 Å². The third-order valence-corrected chi connectivity index (χ3v) is 6.05. The minimum atomic E-state index is -1.82. The first kappa shape index (κ1) is 27.0. The Bertz CT molecular complexity index is 624. The van der Waals surface area contributed by atoms with Gasteiger partial charge in [-0.05, 0) is 6.92 Å². The van der Waals surface area contributed by atoms with Crippen LogP contribution < -0.4 is 0 Å². The molecule has 3 aliphatic rings. The molecule has 0 aromatic carbocycles. The van der Waals surface area contributed by atoms with E-state index < -0.39 is 105 Å². The zero-order valence-corrected chi connectivity index (χ0v) is 17.6. The van der Waals surface area contributed by atoms with Crippen molar-refractivity contribution in [2.45, 2.75) is 99.0 Å². The number of hydrogen-bond acceptors (Lipinski definition) is 15. The Hall–Kier alpha value is -0.600. The zero-order valence-electron chi connectivity index (χ0n) is 17.6. The monoisotopic (exact) mass is 488 g/mol. The summed E-state index contributed by atoms with van der Waals surface area (Å²) in [5.41, 5.74) is 0. The first-order chi connectivity index (χ1) is 15.5. The maximum Gasteiger partial charge on any atom is 0.187 e. The van der Waals surface area contributed by atoms with Gasteiger partial charge in [-0.1, -0.05) is 0 Å². The quantitative estimate of drug-likeness (QED) is 0.167. The molecule has 0 amide bonds. The average Bonchev–Trinajstić information content (AvgIpc) is 2.79. The Morgan fingerprint density at radius 2 is 1.06 bits per heavy atom. The number of rotatable bonds is 6. The molecule has 0 aromatic heterocycles. The van der Waals surface area contributed by atoms with Crippen molar-refractivity contribution in [3.05, 3.63) is 0 Å². The molecule has 0 saturated carbocycles. The van der Waals surface area contributed by atoms with Gasteiger partial charge < -0.3 is 74.7 Å². The Morgan fingerprint density at radius 3 is 1.67 bits per heavy atom. The van der Waals surface area contributed by atoms with Crippen molar-refractivity contribution in [1.29, 1.82) is 0 Å². The van der Waals surface area contributed by atoms with Crippen LogP contribution in [0.15, 0.2) is 0 Å². The number of ether oxygens (including phenoxy) is 5. The van der Waals surface area contributed by atoms with Crippen molar-refractivity contribution in [2.24, 2.45) is 0 Å². The highest BCUT2D eigenvalue weighted by molar-refractivity contribution is 4.95. The van der Waals surface area contributed by atoms with Crippen LogP contribution in [0.3, 0.4) is 0 Å². The predicted molar refractivity (Wildman–Crippen MR) is 99.8 cm³/mol. The van der Waals surface area contributed by atoms with Crippen LogP contribution in [0.2, 0.25) is 0 Å². The van der Waals surface area contributed by atoms with Crippen LogP contribution >= 0.6 is 0 Å². The fourth-order valence-corrected chi connectivity index (χ4v) is 4.02. The Morgan fingerprint density at radius 1 is 0.545 bits per heavy atom. The van der Waals surface area contributed by atoms with Gasteiger partial charge in [0.05, 0.1) is 19.3 Å². The molecule has 15 atom stereocenters. The van der Waals surface area contributed by atoms with Gasteiger partial charge in [-0.2, -0.15) is 0 Å². The van der Waals surface area contributed by atoms with Crippen molar-refractivity contribution in [3.63, 3.8) is 0 Å². The predicted octanol–water partition coefficient (Wildman–Crippen LogP) is -6.55. The highest BCUT2D eigenvalue weighted by Gasteiger charge is 2.52. The molecule has 33 heavy (non-hydrogen) atoms. The molecular formula is C18H32O15.